The van der Waals surface area contributed by atoms with Gasteiger partial charge in [0.2, 0.25) is 0 Å². The van der Waals surface area contributed by atoms with Gasteiger partial charge in [-0.05, 0) is 129 Å². The van der Waals surface area contributed by atoms with Crippen LogP contribution in [0.15, 0.2) is 22.1 Å². The summed E-state index contributed by atoms with van der Waals surface area (Å²) in [5.41, 5.74) is 3.82. The molecule has 3 nitrogen and oxygen atoms in total. The number of unbranched alkanes of at least 4 members (excludes halogenated alkanes) is 6. The van der Waals surface area contributed by atoms with Gasteiger partial charge in [-0.25, -0.2) is 0 Å². The molecule has 0 spiro atoms. The van der Waals surface area contributed by atoms with E-state index in [9.17, 15) is 4.79 Å². The number of hydrogen-bond acceptors (Lipinski definition) is 3. The van der Waals surface area contributed by atoms with E-state index in [1.165, 1.54) is 108 Å². The SMILES string of the molecule is CCCCc1cc(C)c(CCCCCCCCC(=O)OC2CCC3(C)C(=CCC4C3CCC3(C)C(C(C)CCCC(C)C)CCC43)C2)o1. The van der Waals surface area contributed by atoms with Gasteiger partial charge in [0.05, 0.1) is 0 Å². The number of carbonyl (C=O) groups is 1. The standard InChI is InChI=1S/C45H74O3/c1-8-9-19-36-30-34(5)42(47-36)20-14-12-10-11-13-15-21-43(46)48-37-26-28-44(6)35(31-37)22-23-38-40-25-24-39(33(4)18-16-17-32(2)3)45(40,7)29-27-41(38)44/h22,30,32-33,37-41H,8-21,23-29,31H2,1-7H3. The predicted octanol–water partition coefficient (Wildman–Crippen LogP) is 13.2. The van der Waals surface area contributed by atoms with Crippen LogP contribution in [0, 0.1) is 53.3 Å². The molecule has 3 heteroatoms. The summed E-state index contributed by atoms with van der Waals surface area (Å²) in [5.74, 6) is 7.61. The van der Waals surface area contributed by atoms with Crippen molar-refractivity contribution in [3.8, 4) is 0 Å². The third-order valence-corrected chi connectivity index (χ3v) is 14.4. The second-order valence-corrected chi connectivity index (χ2v) is 18.2. The first-order valence-electron chi connectivity index (χ1n) is 21.0. The average molecular weight is 663 g/mol. The highest BCUT2D eigenvalue weighted by Gasteiger charge is 2.59. The van der Waals surface area contributed by atoms with Crippen LogP contribution in [0.4, 0.5) is 0 Å². The first-order valence-corrected chi connectivity index (χ1v) is 21.0. The van der Waals surface area contributed by atoms with Crippen LogP contribution in [-0.4, -0.2) is 12.1 Å². The molecular weight excluding hydrogens is 588 g/mol. The zero-order valence-electron chi connectivity index (χ0n) is 32.5. The molecule has 1 aromatic heterocycles. The highest BCUT2D eigenvalue weighted by molar-refractivity contribution is 5.69. The van der Waals surface area contributed by atoms with Crippen LogP contribution in [0.2, 0.25) is 0 Å². The number of fused-ring (bicyclic) bond motifs is 5. The van der Waals surface area contributed by atoms with Crippen LogP contribution in [0.3, 0.4) is 0 Å². The van der Waals surface area contributed by atoms with Crippen molar-refractivity contribution in [2.45, 2.75) is 196 Å². The number of ether oxygens (including phenoxy) is 1. The fourth-order valence-electron chi connectivity index (χ4n) is 11.6. The quantitative estimate of drug-likeness (QED) is 0.0892. The van der Waals surface area contributed by atoms with E-state index in [-0.39, 0.29) is 12.1 Å². The minimum Gasteiger partial charge on any atom is -0.466 e. The molecule has 0 N–H and O–H groups in total. The van der Waals surface area contributed by atoms with Crippen molar-refractivity contribution < 1.29 is 13.9 Å². The molecule has 5 rings (SSSR count). The fourth-order valence-corrected chi connectivity index (χ4v) is 11.6. The van der Waals surface area contributed by atoms with Crippen LogP contribution in [0.25, 0.3) is 0 Å². The lowest BCUT2D eigenvalue weighted by Crippen LogP contribution is -2.51. The van der Waals surface area contributed by atoms with E-state index in [1.807, 2.05) is 0 Å². The number of esters is 1. The van der Waals surface area contributed by atoms with Gasteiger partial charge in [-0.15, -0.1) is 0 Å². The van der Waals surface area contributed by atoms with Crippen LogP contribution in [-0.2, 0) is 22.4 Å². The molecule has 1 aromatic rings. The molecule has 4 aliphatic carbocycles. The van der Waals surface area contributed by atoms with E-state index in [4.69, 9.17) is 9.15 Å². The van der Waals surface area contributed by atoms with Crippen LogP contribution >= 0.6 is 0 Å². The summed E-state index contributed by atoms with van der Waals surface area (Å²) in [5, 5.41) is 0. The minimum atomic E-state index is 0.0398. The predicted molar refractivity (Wildman–Crippen MR) is 201 cm³/mol. The maximum absolute atomic E-state index is 12.9. The zero-order chi connectivity index (χ0) is 34.3. The Morgan fingerprint density at radius 2 is 1.67 bits per heavy atom. The molecule has 1 heterocycles. The summed E-state index contributed by atoms with van der Waals surface area (Å²) in [7, 11) is 0. The number of carbonyl (C=O) groups excluding carboxylic acids is 1. The van der Waals surface area contributed by atoms with Crippen molar-refractivity contribution in [1.82, 2.24) is 0 Å². The molecule has 0 amide bonds. The second-order valence-electron chi connectivity index (χ2n) is 18.2. The highest BCUT2D eigenvalue weighted by atomic mass is 16.5. The summed E-state index contributed by atoms with van der Waals surface area (Å²) in [6, 6.07) is 2.24. The molecule has 0 aromatic carbocycles. The molecule has 0 radical (unpaired) electrons. The summed E-state index contributed by atoms with van der Waals surface area (Å²) < 4.78 is 12.2. The lowest BCUT2D eigenvalue weighted by atomic mass is 9.47. The Bertz CT molecular complexity index is 1190. The van der Waals surface area contributed by atoms with Crippen LogP contribution in [0.5, 0.6) is 0 Å². The third kappa shape index (κ3) is 8.85. The molecule has 3 saturated carbocycles. The Kier molecular flexibility index (Phi) is 13.5. The zero-order valence-corrected chi connectivity index (χ0v) is 32.5. The van der Waals surface area contributed by atoms with E-state index in [2.05, 4.69) is 60.6 Å². The fraction of sp³-hybridized carbons (Fsp3) is 0.844. The van der Waals surface area contributed by atoms with Gasteiger partial charge >= 0.3 is 5.97 Å². The maximum Gasteiger partial charge on any atom is 0.306 e. The first kappa shape index (κ1) is 37.7. The Morgan fingerprint density at radius 3 is 2.44 bits per heavy atom. The normalized spacial score (nSPS) is 32.0. The first-order chi connectivity index (χ1) is 23.0. The maximum atomic E-state index is 12.9. The highest BCUT2D eigenvalue weighted by Crippen LogP contribution is 2.67. The van der Waals surface area contributed by atoms with Gasteiger partial charge in [0.1, 0.15) is 17.6 Å². The summed E-state index contributed by atoms with van der Waals surface area (Å²) in [6.07, 6.45) is 29.3. The number of hydrogen-bond donors (Lipinski definition) is 0. The molecule has 48 heavy (non-hydrogen) atoms. The van der Waals surface area contributed by atoms with Crippen molar-refractivity contribution in [2.75, 3.05) is 0 Å². The third-order valence-electron chi connectivity index (χ3n) is 14.4. The smallest absolute Gasteiger partial charge is 0.306 e. The molecule has 0 aliphatic heterocycles. The van der Waals surface area contributed by atoms with E-state index < -0.39 is 0 Å². The van der Waals surface area contributed by atoms with E-state index in [1.54, 1.807) is 5.57 Å². The molecule has 4 aliphatic rings. The van der Waals surface area contributed by atoms with Gasteiger partial charge in [-0.2, -0.15) is 0 Å². The molecule has 0 saturated heterocycles. The molecule has 272 valence electrons. The van der Waals surface area contributed by atoms with E-state index in [0.717, 1.165) is 79.8 Å². The van der Waals surface area contributed by atoms with Gasteiger partial charge in [0.15, 0.2) is 0 Å². The van der Waals surface area contributed by atoms with Gasteiger partial charge in [-0.3, -0.25) is 4.79 Å². The second kappa shape index (κ2) is 17.1. The van der Waals surface area contributed by atoms with Crippen LogP contribution < -0.4 is 0 Å². The van der Waals surface area contributed by atoms with Crippen molar-refractivity contribution in [3.63, 3.8) is 0 Å². The van der Waals surface area contributed by atoms with Gasteiger partial charge in [0.25, 0.3) is 0 Å². The van der Waals surface area contributed by atoms with Gasteiger partial charge in [-0.1, -0.05) is 105 Å². The lowest BCUT2D eigenvalue weighted by Gasteiger charge is -2.58. The monoisotopic (exact) mass is 663 g/mol. The molecule has 8 atom stereocenters. The number of rotatable bonds is 18. The Hall–Kier alpha value is -1.51. The topological polar surface area (TPSA) is 39.4 Å². The minimum absolute atomic E-state index is 0.0398. The molecule has 0 bridgehead atoms. The molecule has 8 unspecified atom stereocenters. The Balaban J connectivity index is 1.00. The van der Waals surface area contributed by atoms with E-state index in [0.29, 0.717) is 17.3 Å². The lowest BCUT2D eigenvalue weighted by molar-refractivity contribution is -0.151. The Labute approximate surface area is 296 Å². The largest absolute Gasteiger partial charge is 0.466 e. The van der Waals surface area contributed by atoms with E-state index >= 15 is 0 Å². The van der Waals surface area contributed by atoms with Gasteiger partial charge in [0, 0.05) is 25.7 Å². The van der Waals surface area contributed by atoms with Crippen molar-refractivity contribution >= 4 is 5.97 Å². The Morgan fingerprint density at radius 1 is 0.896 bits per heavy atom. The summed E-state index contributed by atoms with van der Waals surface area (Å²) >= 11 is 0. The summed E-state index contributed by atoms with van der Waals surface area (Å²) in [6.45, 7) is 17.1. The van der Waals surface area contributed by atoms with Crippen LogP contribution in [0.1, 0.15) is 187 Å². The molecular formula is C45H74O3. The summed E-state index contributed by atoms with van der Waals surface area (Å²) in [4.78, 5) is 12.9. The van der Waals surface area contributed by atoms with Crippen molar-refractivity contribution in [2.24, 2.45) is 46.3 Å². The number of allylic oxidation sites excluding steroid dienone is 1. The van der Waals surface area contributed by atoms with Crippen molar-refractivity contribution in [3.05, 3.63) is 34.8 Å². The number of aryl methyl sites for hydroxylation is 3. The van der Waals surface area contributed by atoms with Gasteiger partial charge < -0.3 is 9.15 Å². The van der Waals surface area contributed by atoms with Crippen molar-refractivity contribution in [1.29, 1.82) is 0 Å². The average Bonchev–Trinajstić information content (AvgIpc) is 3.59. The molecule has 3 fully saturated rings. The number of furan rings is 1.